The van der Waals surface area contributed by atoms with E-state index in [0.29, 0.717) is 34.6 Å². The Labute approximate surface area is 127 Å². The summed E-state index contributed by atoms with van der Waals surface area (Å²) < 4.78 is 11.5. The zero-order valence-corrected chi connectivity index (χ0v) is 12.2. The first kappa shape index (κ1) is 13.3. The van der Waals surface area contributed by atoms with E-state index in [1.165, 1.54) is 12.8 Å². The second-order valence-corrected chi connectivity index (χ2v) is 5.66. The predicted molar refractivity (Wildman–Crippen MR) is 86.5 cm³/mol. The molecule has 0 amide bonds. The summed E-state index contributed by atoms with van der Waals surface area (Å²) in [6.45, 7) is 1.45. The number of para-hydroxylation sites is 1. The molecule has 4 rings (SSSR count). The van der Waals surface area contributed by atoms with E-state index in [4.69, 9.17) is 9.15 Å². The van der Waals surface area contributed by atoms with Crippen LogP contribution in [0.3, 0.4) is 0 Å². The first-order valence-corrected chi connectivity index (χ1v) is 7.63. The highest BCUT2D eigenvalue weighted by Gasteiger charge is 2.19. The maximum Gasteiger partial charge on any atom is 0.200 e. The molecule has 4 nitrogen and oxygen atoms in total. The Hall–Kier alpha value is -2.33. The largest absolute Gasteiger partial charge is 0.492 e. The molecule has 4 heteroatoms. The van der Waals surface area contributed by atoms with Gasteiger partial charge in [-0.25, -0.2) is 0 Å². The minimum absolute atomic E-state index is 0.00111. The highest BCUT2D eigenvalue weighted by atomic mass is 16.5. The van der Waals surface area contributed by atoms with E-state index < -0.39 is 0 Å². The molecule has 1 aromatic heterocycles. The highest BCUT2D eigenvalue weighted by molar-refractivity contribution is 5.90. The lowest BCUT2D eigenvalue weighted by molar-refractivity contribution is 0.313. The van der Waals surface area contributed by atoms with Crippen molar-refractivity contribution in [2.45, 2.75) is 18.9 Å². The molecule has 1 N–H and O–H groups in total. The van der Waals surface area contributed by atoms with Gasteiger partial charge in [-0.2, -0.15) is 0 Å². The fourth-order valence-electron chi connectivity index (χ4n) is 2.59. The molecule has 1 heterocycles. The van der Waals surface area contributed by atoms with Crippen LogP contribution < -0.4 is 15.5 Å². The van der Waals surface area contributed by atoms with E-state index in [2.05, 4.69) is 5.32 Å². The number of hydrogen-bond donors (Lipinski definition) is 1. The summed E-state index contributed by atoms with van der Waals surface area (Å²) in [5, 5.41) is 4.59. The van der Waals surface area contributed by atoms with Crippen LogP contribution in [0.15, 0.2) is 51.7 Å². The zero-order chi connectivity index (χ0) is 14.9. The van der Waals surface area contributed by atoms with Gasteiger partial charge in [-0.05, 0) is 37.1 Å². The standard InChI is InChI=1S/C18H17NO3/c20-18-14-3-1-2-4-16(14)22-17-11-13(7-8-15(17)18)21-10-9-19-12-5-6-12/h1-4,7-8,11-12,19H,5-6,9-10H2. The third kappa shape index (κ3) is 2.57. The van der Waals surface area contributed by atoms with E-state index in [1.54, 1.807) is 18.2 Å². The van der Waals surface area contributed by atoms with Crippen LogP contribution >= 0.6 is 0 Å². The second kappa shape index (κ2) is 5.46. The van der Waals surface area contributed by atoms with Crippen molar-refractivity contribution < 1.29 is 9.15 Å². The van der Waals surface area contributed by atoms with Crippen molar-refractivity contribution in [3.8, 4) is 5.75 Å². The average molecular weight is 295 g/mol. The fourth-order valence-corrected chi connectivity index (χ4v) is 2.59. The molecule has 0 bridgehead atoms. The Bertz CT molecular complexity index is 880. The monoisotopic (exact) mass is 295 g/mol. The van der Waals surface area contributed by atoms with Crippen molar-refractivity contribution in [2.24, 2.45) is 0 Å². The quantitative estimate of drug-likeness (QED) is 0.580. The van der Waals surface area contributed by atoms with Crippen molar-refractivity contribution in [1.29, 1.82) is 0 Å². The van der Waals surface area contributed by atoms with E-state index >= 15 is 0 Å². The lowest BCUT2D eigenvalue weighted by Gasteiger charge is -2.08. The van der Waals surface area contributed by atoms with Crippen LogP contribution in [0.2, 0.25) is 0 Å². The summed E-state index contributed by atoms with van der Waals surface area (Å²) >= 11 is 0. The van der Waals surface area contributed by atoms with Crippen LogP contribution in [0.25, 0.3) is 21.9 Å². The van der Waals surface area contributed by atoms with Gasteiger partial charge in [-0.1, -0.05) is 12.1 Å². The molecule has 1 fully saturated rings. The molecule has 0 radical (unpaired) electrons. The summed E-state index contributed by atoms with van der Waals surface area (Å²) in [4.78, 5) is 12.4. The smallest absolute Gasteiger partial charge is 0.200 e. The molecule has 1 aliphatic carbocycles. The summed E-state index contributed by atoms with van der Waals surface area (Å²) in [5.41, 5.74) is 1.17. The van der Waals surface area contributed by atoms with Gasteiger partial charge >= 0.3 is 0 Å². The number of ether oxygens (including phenoxy) is 1. The zero-order valence-electron chi connectivity index (χ0n) is 12.2. The van der Waals surface area contributed by atoms with E-state index in [9.17, 15) is 4.79 Å². The Kier molecular flexibility index (Phi) is 3.31. The van der Waals surface area contributed by atoms with Gasteiger partial charge in [0.2, 0.25) is 5.43 Å². The molecule has 0 saturated heterocycles. The minimum atomic E-state index is -0.00111. The van der Waals surface area contributed by atoms with E-state index in [1.807, 2.05) is 24.3 Å². The third-order valence-electron chi connectivity index (χ3n) is 3.93. The predicted octanol–water partition coefficient (Wildman–Crippen LogP) is 3.08. The maximum atomic E-state index is 12.4. The molecule has 3 aromatic rings. The lowest BCUT2D eigenvalue weighted by atomic mass is 10.1. The molecule has 2 aromatic carbocycles. The molecule has 0 spiro atoms. The van der Waals surface area contributed by atoms with Gasteiger partial charge in [-0.15, -0.1) is 0 Å². The number of rotatable bonds is 5. The van der Waals surface area contributed by atoms with Crippen molar-refractivity contribution in [3.05, 3.63) is 52.7 Å². The molecule has 0 atom stereocenters. The van der Waals surface area contributed by atoms with Crippen LogP contribution in [-0.2, 0) is 0 Å². The summed E-state index contributed by atoms with van der Waals surface area (Å²) in [5.74, 6) is 0.725. The molecular formula is C18H17NO3. The van der Waals surface area contributed by atoms with Gasteiger partial charge in [0.25, 0.3) is 0 Å². The number of fused-ring (bicyclic) bond motifs is 2. The molecule has 1 aliphatic rings. The van der Waals surface area contributed by atoms with Gasteiger partial charge in [-0.3, -0.25) is 4.79 Å². The number of benzene rings is 2. The van der Waals surface area contributed by atoms with Crippen LogP contribution in [-0.4, -0.2) is 19.2 Å². The molecule has 22 heavy (non-hydrogen) atoms. The third-order valence-corrected chi connectivity index (χ3v) is 3.93. The van der Waals surface area contributed by atoms with Gasteiger partial charge in [0.15, 0.2) is 0 Å². The summed E-state index contributed by atoms with van der Waals surface area (Å²) in [6, 6.07) is 13.4. The van der Waals surface area contributed by atoms with Crippen molar-refractivity contribution in [1.82, 2.24) is 5.32 Å². The minimum Gasteiger partial charge on any atom is -0.492 e. The Morgan fingerprint density at radius 2 is 1.91 bits per heavy atom. The van der Waals surface area contributed by atoms with Crippen molar-refractivity contribution in [2.75, 3.05) is 13.2 Å². The maximum absolute atomic E-state index is 12.4. The highest BCUT2D eigenvalue weighted by Crippen LogP contribution is 2.23. The van der Waals surface area contributed by atoms with Crippen LogP contribution in [0.4, 0.5) is 0 Å². The SMILES string of the molecule is O=c1c2ccccc2oc2cc(OCCNC3CC3)ccc12. The van der Waals surface area contributed by atoms with Crippen LogP contribution in [0.5, 0.6) is 5.75 Å². The Morgan fingerprint density at radius 1 is 1.09 bits per heavy atom. The van der Waals surface area contributed by atoms with Gasteiger partial charge in [0.05, 0.1) is 10.8 Å². The molecule has 1 saturated carbocycles. The van der Waals surface area contributed by atoms with E-state index in [0.717, 1.165) is 12.3 Å². The van der Waals surface area contributed by atoms with Gasteiger partial charge < -0.3 is 14.5 Å². The molecule has 112 valence electrons. The Morgan fingerprint density at radius 3 is 2.77 bits per heavy atom. The van der Waals surface area contributed by atoms with Crippen LogP contribution in [0, 0.1) is 0 Å². The lowest BCUT2D eigenvalue weighted by Crippen LogP contribution is -2.22. The van der Waals surface area contributed by atoms with Crippen molar-refractivity contribution in [3.63, 3.8) is 0 Å². The van der Waals surface area contributed by atoms with Gasteiger partial charge in [0, 0.05) is 18.7 Å². The second-order valence-electron chi connectivity index (χ2n) is 5.66. The van der Waals surface area contributed by atoms with Gasteiger partial charge in [0.1, 0.15) is 23.5 Å². The fraction of sp³-hybridized carbons (Fsp3) is 0.278. The normalized spacial score (nSPS) is 14.5. The number of hydrogen-bond acceptors (Lipinski definition) is 4. The average Bonchev–Trinajstić information content (AvgIpc) is 3.36. The molecule has 0 aliphatic heterocycles. The number of nitrogens with one attached hydrogen (secondary N) is 1. The summed E-state index contributed by atoms with van der Waals surface area (Å²) in [7, 11) is 0. The van der Waals surface area contributed by atoms with Crippen molar-refractivity contribution >= 4 is 21.9 Å². The molecular weight excluding hydrogens is 278 g/mol. The summed E-state index contributed by atoms with van der Waals surface area (Å²) in [6.07, 6.45) is 2.54. The topological polar surface area (TPSA) is 51.5 Å². The van der Waals surface area contributed by atoms with Crippen LogP contribution in [0.1, 0.15) is 12.8 Å². The van der Waals surface area contributed by atoms with E-state index in [-0.39, 0.29) is 5.43 Å². The molecule has 0 unspecified atom stereocenters. The first-order chi connectivity index (χ1) is 10.8. The first-order valence-electron chi connectivity index (χ1n) is 7.63. The Balaban J connectivity index is 1.61.